The lowest BCUT2D eigenvalue weighted by Gasteiger charge is -2.24. The number of rotatable bonds is 7. The molecule has 0 radical (unpaired) electrons. The van der Waals surface area contributed by atoms with Crippen LogP contribution < -0.4 is 0 Å². The molecule has 0 saturated heterocycles. The molecule has 0 aliphatic heterocycles. The fourth-order valence-electron chi connectivity index (χ4n) is 2.90. The van der Waals surface area contributed by atoms with Crippen LogP contribution in [0.3, 0.4) is 0 Å². The molecule has 0 amide bonds. The van der Waals surface area contributed by atoms with Crippen molar-refractivity contribution in [1.29, 1.82) is 0 Å². The highest BCUT2D eigenvalue weighted by Crippen LogP contribution is 2.27. The summed E-state index contributed by atoms with van der Waals surface area (Å²) in [4.78, 5) is 13.5. The van der Waals surface area contributed by atoms with E-state index in [0.717, 1.165) is 18.7 Å². The van der Waals surface area contributed by atoms with Crippen LogP contribution in [0.15, 0.2) is 54.2 Å². The first-order valence-electron chi connectivity index (χ1n) is 8.50. The standard InChI is InChI=1S/C21H24FNO2/c1-4-8-15(3)23(5-2)14-17-13-16(11-12-20(17)22)18-9-6-7-10-19(18)21(24)25/h6-13H,4-5,14H2,1-3H3,(H,24,25)/b15-8+. The van der Waals surface area contributed by atoms with Crippen molar-refractivity contribution in [3.63, 3.8) is 0 Å². The molecule has 0 bridgehead atoms. The Kier molecular flexibility index (Phi) is 6.34. The predicted octanol–water partition coefficient (Wildman–Crippen LogP) is 5.33. The number of carbonyl (C=O) groups is 1. The van der Waals surface area contributed by atoms with E-state index in [2.05, 4.69) is 17.9 Å². The van der Waals surface area contributed by atoms with Gasteiger partial charge in [-0.05, 0) is 49.6 Å². The number of halogens is 1. The van der Waals surface area contributed by atoms with E-state index in [9.17, 15) is 14.3 Å². The summed E-state index contributed by atoms with van der Waals surface area (Å²) < 4.78 is 14.3. The topological polar surface area (TPSA) is 40.5 Å². The molecule has 1 N–H and O–H groups in total. The molecule has 4 heteroatoms. The van der Waals surface area contributed by atoms with Gasteiger partial charge in [0.15, 0.2) is 0 Å². The van der Waals surface area contributed by atoms with E-state index in [1.54, 1.807) is 36.4 Å². The molecule has 2 aromatic rings. The van der Waals surface area contributed by atoms with Gasteiger partial charge in [-0.25, -0.2) is 9.18 Å². The normalized spacial score (nSPS) is 11.4. The lowest BCUT2D eigenvalue weighted by Crippen LogP contribution is -2.21. The Labute approximate surface area is 148 Å². The molecule has 25 heavy (non-hydrogen) atoms. The van der Waals surface area contributed by atoms with Crippen molar-refractivity contribution >= 4 is 5.97 Å². The average Bonchev–Trinajstić information content (AvgIpc) is 2.61. The molecule has 0 spiro atoms. The maximum Gasteiger partial charge on any atom is 0.336 e. The number of benzene rings is 2. The summed E-state index contributed by atoms with van der Waals surface area (Å²) in [6, 6.07) is 11.6. The fraction of sp³-hybridized carbons (Fsp3) is 0.286. The van der Waals surface area contributed by atoms with Crippen molar-refractivity contribution in [2.75, 3.05) is 6.54 Å². The van der Waals surface area contributed by atoms with Gasteiger partial charge in [0, 0.05) is 24.4 Å². The Bertz CT molecular complexity index is 783. The van der Waals surface area contributed by atoms with Gasteiger partial charge in [0.1, 0.15) is 5.82 Å². The molecule has 0 fully saturated rings. The number of hydrogen-bond donors (Lipinski definition) is 1. The van der Waals surface area contributed by atoms with Crippen molar-refractivity contribution in [1.82, 2.24) is 4.90 Å². The van der Waals surface area contributed by atoms with Gasteiger partial charge in [0.05, 0.1) is 5.56 Å². The van der Waals surface area contributed by atoms with Gasteiger partial charge < -0.3 is 10.0 Å². The van der Waals surface area contributed by atoms with Gasteiger partial charge in [-0.3, -0.25) is 0 Å². The zero-order valence-corrected chi connectivity index (χ0v) is 14.9. The largest absolute Gasteiger partial charge is 0.478 e. The number of carboxylic acids is 1. The van der Waals surface area contributed by atoms with E-state index >= 15 is 0 Å². The first kappa shape index (κ1) is 18.7. The highest BCUT2D eigenvalue weighted by Gasteiger charge is 2.14. The molecular formula is C21H24FNO2. The monoisotopic (exact) mass is 341 g/mol. The van der Waals surface area contributed by atoms with E-state index < -0.39 is 5.97 Å². The molecule has 3 nitrogen and oxygen atoms in total. The van der Waals surface area contributed by atoms with Crippen LogP contribution in [0.5, 0.6) is 0 Å². The van der Waals surface area contributed by atoms with Crippen molar-refractivity contribution < 1.29 is 14.3 Å². The second-order valence-electron chi connectivity index (χ2n) is 5.92. The quantitative estimate of drug-likeness (QED) is 0.740. The van der Waals surface area contributed by atoms with Gasteiger partial charge in [-0.1, -0.05) is 37.3 Å². The third kappa shape index (κ3) is 4.47. The third-order valence-electron chi connectivity index (χ3n) is 4.26. The zero-order valence-electron chi connectivity index (χ0n) is 14.9. The lowest BCUT2D eigenvalue weighted by atomic mass is 9.97. The summed E-state index contributed by atoms with van der Waals surface area (Å²) in [5.41, 5.74) is 3.20. The van der Waals surface area contributed by atoms with Crippen LogP contribution in [-0.2, 0) is 6.54 Å². The Hall–Kier alpha value is -2.62. The highest BCUT2D eigenvalue weighted by molar-refractivity contribution is 5.96. The number of allylic oxidation sites excluding steroid dienone is 2. The van der Waals surface area contributed by atoms with Gasteiger partial charge in [0.2, 0.25) is 0 Å². The maximum atomic E-state index is 14.3. The average molecular weight is 341 g/mol. The van der Waals surface area contributed by atoms with Crippen LogP contribution >= 0.6 is 0 Å². The molecule has 2 rings (SSSR count). The van der Waals surface area contributed by atoms with Crippen molar-refractivity contribution in [2.24, 2.45) is 0 Å². The molecule has 0 unspecified atom stereocenters. The van der Waals surface area contributed by atoms with E-state index in [0.29, 0.717) is 23.2 Å². The second-order valence-corrected chi connectivity index (χ2v) is 5.92. The van der Waals surface area contributed by atoms with Crippen molar-refractivity contribution in [2.45, 2.75) is 33.7 Å². The smallest absolute Gasteiger partial charge is 0.336 e. The highest BCUT2D eigenvalue weighted by atomic mass is 19.1. The Balaban J connectivity index is 2.42. The third-order valence-corrected chi connectivity index (χ3v) is 4.26. The number of hydrogen-bond acceptors (Lipinski definition) is 2. The van der Waals surface area contributed by atoms with Gasteiger partial charge in [-0.2, -0.15) is 0 Å². The zero-order chi connectivity index (χ0) is 18.4. The molecule has 132 valence electrons. The van der Waals surface area contributed by atoms with Gasteiger partial charge >= 0.3 is 5.97 Å². The second kappa shape index (κ2) is 8.47. The van der Waals surface area contributed by atoms with Crippen LogP contribution in [-0.4, -0.2) is 22.5 Å². The van der Waals surface area contributed by atoms with E-state index in [1.807, 2.05) is 13.8 Å². The number of carboxylic acid groups (broad SMARTS) is 1. The van der Waals surface area contributed by atoms with Gasteiger partial charge in [0.25, 0.3) is 0 Å². The summed E-state index contributed by atoms with van der Waals surface area (Å²) >= 11 is 0. The first-order chi connectivity index (χ1) is 12.0. The summed E-state index contributed by atoms with van der Waals surface area (Å²) in [7, 11) is 0. The number of aromatic carboxylic acids is 1. The van der Waals surface area contributed by atoms with Crippen molar-refractivity contribution in [3.8, 4) is 11.1 Å². The lowest BCUT2D eigenvalue weighted by molar-refractivity contribution is 0.0697. The summed E-state index contributed by atoms with van der Waals surface area (Å²) in [6.07, 6.45) is 3.04. The minimum Gasteiger partial charge on any atom is -0.478 e. The summed E-state index contributed by atoms with van der Waals surface area (Å²) in [6.45, 7) is 7.36. The van der Waals surface area contributed by atoms with Crippen LogP contribution in [0.25, 0.3) is 11.1 Å². The Morgan fingerprint density at radius 2 is 1.92 bits per heavy atom. The maximum absolute atomic E-state index is 14.3. The van der Waals surface area contributed by atoms with Gasteiger partial charge in [-0.15, -0.1) is 0 Å². The van der Waals surface area contributed by atoms with E-state index in [1.165, 1.54) is 6.07 Å². The molecule has 0 atom stereocenters. The Morgan fingerprint density at radius 3 is 2.56 bits per heavy atom. The van der Waals surface area contributed by atoms with Crippen LogP contribution in [0.4, 0.5) is 4.39 Å². The van der Waals surface area contributed by atoms with Crippen LogP contribution in [0.2, 0.25) is 0 Å². The molecule has 0 saturated carbocycles. The molecule has 2 aromatic carbocycles. The first-order valence-corrected chi connectivity index (χ1v) is 8.50. The minimum absolute atomic E-state index is 0.217. The van der Waals surface area contributed by atoms with Crippen molar-refractivity contribution in [3.05, 3.63) is 71.2 Å². The van der Waals surface area contributed by atoms with E-state index in [-0.39, 0.29) is 11.4 Å². The minimum atomic E-state index is -0.988. The van der Waals surface area contributed by atoms with E-state index in [4.69, 9.17) is 0 Å². The predicted molar refractivity (Wildman–Crippen MR) is 98.9 cm³/mol. The number of nitrogens with zero attached hydrogens (tertiary/aromatic N) is 1. The molecule has 0 aliphatic rings. The molecule has 0 aromatic heterocycles. The summed E-state index contributed by atoms with van der Waals surface area (Å²) in [5, 5.41) is 9.38. The SMILES string of the molecule is CC/C=C(\C)N(CC)Cc1cc(-c2ccccc2C(=O)O)ccc1F. The van der Waals surface area contributed by atoms with Crippen LogP contribution in [0, 0.1) is 5.82 Å². The summed E-state index contributed by atoms with van der Waals surface area (Å²) in [5.74, 6) is -1.27. The van der Waals surface area contributed by atoms with Crippen LogP contribution in [0.1, 0.15) is 43.1 Å². The fourth-order valence-corrected chi connectivity index (χ4v) is 2.90. The molecular weight excluding hydrogens is 317 g/mol. The molecule has 0 heterocycles. The molecule has 0 aliphatic carbocycles. The Morgan fingerprint density at radius 1 is 1.20 bits per heavy atom.